The quantitative estimate of drug-likeness (QED) is 0.632. The number of amides is 1. The molecule has 7 nitrogen and oxygen atoms in total. The van der Waals surface area contributed by atoms with Gasteiger partial charge in [0.05, 0.1) is 13.7 Å². The molecule has 0 bridgehead atoms. The number of ether oxygens (including phenoxy) is 3. The Morgan fingerprint density at radius 2 is 1.85 bits per heavy atom. The predicted octanol–water partition coefficient (Wildman–Crippen LogP) is 3.41. The molecule has 3 atom stereocenters. The van der Waals surface area contributed by atoms with E-state index in [0.29, 0.717) is 18.7 Å². The van der Waals surface area contributed by atoms with Crippen LogP contribution in [-0.2, 0) is 6.54 Å². The van der Waals surface area contributed by atoms with Crippen LogP contribution < -0.4 is 19.1 Å². The first kappa shape index (κ1) is 21.0. The van der Waals surface area contributed by atoms with Crippen molar-refractivity contribution in [3.63, 3.8) is 0 Å². The number of carbonyl (C=O) groups is 1. The Bertz CT molecular complexity index is 1230. The largest absolute Gasteiger partial charge is 0.497 e. The first-order valence-corrected chi connectivity index (χ1v) is 11.5. The van der Waals surface area contributed by atoms with Gasteiger partial charge in [0.2, 0.25) is 6.79 Å². The molecule has 0 saturated carbocycles. The van der Waals surface area contributed by atoms with E-state index < -0.39 is 0 Å². The highest BCUT2D eigenvalue weighted by Gasteiger charge is 2.53. The van der Waals surface area contributed by atoms with E-state index >= 15 is 0 Å². The van der Waals surface area contributed by atoms with Gasteiger partial charge >= 0.3 is 0 Å². The molecule has 1 saturated heterocycles. The zero-order chi connectivity index (χ0) is 23.2. The molecule has 1 amide bonds. The zero-order valence-electron chi connectivity index (χ0n) is 18.9. The molecule has 3 heterocycles. The van der Waals surface area contributed by atoms with Gasteiger partial charge in [-0.1, -0.05) is 24.3 Å². The molecule has 3 aliphatic heterocycles. The van der Waals surface area contributed by atoms with Gasteiger partial charge in [-0.25, -0.2) is 0 Å². The van der Waals surface area contributed by atoms with Crippen molar-refractivity contribution in [2.45, 2.75) is 24.5 Å². The number of hydrogen-bond acceptors (Lipinski definition) is 6. The summed E-state index contributed by atoms with van der Waals surface area (Å²) in [4.78, 5) is 17.7. The Balaban J connectivity index is 1.31. The Morgan fingerprint density at radius 3 is 2.65 bits per heavy atom. The minimum absolute atomic E-state index is 0.00480. The van der Waals surface area contributed by atoms with Gasteiger partial charge in [0.15, 0.2) is 11.5 Å². The van der Waals surface area contributed by atoms with Gasteiger partial charge in [0.1, 0.15) is 5.75 Å². The van der Waals surface area contributed by atoms with Gasteiger partial charge < -0.3 is 24.2 Å². The maximum Gasteiger partial charge on any atom is 0.258 e. The first-order chi connectivity index (χ1) is 16.7. The molecule has 0 radical (unpaired) electrons. The summed E-state index contributed by atoms with van der Waals surface area (Å²) in [6.45, 7) is 1.53. The van der Waals surface area contributed by atoms with E-state index in [0.717, 1.165) is 34.1 Å². The summed E-state index contributed by atoms with van der Waals surface area (Å²) in [5.74, 6) is 2.36. The number of nitrogens with zero attached hydrogens (tertiary/aromatic N) is 2. The third kappa shape index (κ3) is 3.31. The number of rotatable bonds is 5. The van der Waals surface area contributed by atoms with Gasteiger partial charge in [0.25, 0.3) is 5.91 Å². The van der Waals surface area contributed by atoms with Crippen molar-refractivity contribution < 1.29 is 24.1 Å². The molecule has 1 fully saturated rings. The van der Waals surface area contributed by atoms with E-state index in [9.17, 15) is 9.90 Å². The van der Waals surface area contributed by atoms with Crippen LogP contribution in [0.5, 0.6) is 17.2 Å². The summed E-state index contributed by atoms with van der Waals surface area (Å²) >= 11 is 0. The molecule has 34 heavy (non-hydrogen) atoms. The standard InChI is InChI=1S/C27H26N2O5/c1-32-19-9-7-18(8-10-19)27(31)29-14-22-26(20-4-2-3-5-21(20)29)23(15-30)28(22)13-17-6-11-24-25(12-17)34-16-33-24/h2-12,22-23,26,30H,13-16H2,1H3/t22-,23-,26+/m1/s1. The van der Waals surface area contributed by atoms with Crippen LogP contribution in [0.2, 0.25) is 0 Å². The van der Waals surface area contributed by atoms with Crippen LogP contribution in [0.25, 0.3) is 0 Å². The summed E-state index contributed by atoms with van der Waals surface area (Å²) in [5, 5.41) is 10.3. The summed E-state index contributed by atoms with van der Waals surface area (Å²) in [6.07, 6.45) is 0. The molecule has 0 aliphatic carbocycles. The number of likely N-dealkylation sites (tertiary alicyclic amines) is 1. The number of hydrogen-bond donors (Lipinski definition) is 1. The Kier molecular flexibility index (Phi) is 5.16. The first-order valence-electron chi connectivity index (χ1n) is 11.5. The fourth-order valence-electron chi connectivity index (χ4n) is 5.53. The molecule has 6 rings (SSSR count). The molecule has 3 aromatic rings. The van der Waals surface area contributed by atoms with Gasteiger partial charge in [-0.05, 0) is 53.6 Å². The van der Waals surface area contributed by atoms with Crippen molar-refractivity contribution in [3.8, 4) is 17.2 Å². The third-order valence-electron chi connectivity index (χ3n) is 7.21. The summed E-state index contributed by atoms with van der Waals surface area (Å²) in [6, 6.07) is 21.3. The van der Waals surface area contributed by atoms with Crippen LogP contribution in [0.3, 0.4) is 0 Å². The van der Waals surface area contributed by atoms with Crippen molar-refractivity contribution in [1.29, 1.82) is 0 Å². The van der Waals surface area contributed by atoms with Gasteiger partial charge in [-0.15, -0.1) is 0 Å². The molecule has 1 N–H and O–H groups in total. The number of carbonyl (C=O) groups excluding carboxylic acids is 1. The molecular formula is C27H26N2O5. The number of methoxy groups -OCH3 is 1. The van der Waals surface area contributed by atoms with E-state index in [-0.39, 0.29) is 37.3 Å². The second-order valence-corrected chi connectivity index (χ2v) is 8.91. The van der Waals surface area contributed by atoms with E-state index in [4.69, 9.17) is 14.2 Å². The number of benzene rings is 3. The lowest BCUT2D eigenvalue weighted by atomic mass is 9.71. The highest BCUT2D eigenvalue weighted by molar-refractivity contribution is 6.07. The molecule has 0 aromatic heterocycles. The molecule has 0 unspecified atom stereocenters. The van der Waals surface area contributed by atoms with E-state index in [1.54, 1.807) is 19.2 Å². The molecule has 3 aliphatic rings. The van der Waals surface area contributed by atoms with Crippen molar-refractivity contribution >= 4 is 11.6 Å². The monoisotopic (exact) mass is 458 g/mol. The maximum atomic E-state index is 13.6. The molecule has 174 valence electrons. The van der Waals surface area contributed by atoms with Gasteiger partial charge in [0, 0.05) is 42.3 Å². The number of aliphatic hydroxyl groups is 1. The van der Waals surface area contributed by atoms with Crippen LogP contribution in [-0.4, -0.2) is 55.1 Å². The van der Waals surface area contributed by atoms with Crippen LogP contribution in [0.15, 0.2) is 66.7 Å². The van der Waals surface area contributed by atoms with Crippen molar-refractivity contribution in [2.75, 3.05) is 32.0 Å². The average molecular weight is 459 g/mol. The highest BCUT2D eigenvalue weighted by atomic mass is 16.7. The lowest BCUT2D eigenvalue weighted by Crippen LogP contribution is -2.68. The SMILES string of the molecule is COc1ccc(C(=O)N2C[C@@H]3[C@H](c4ccccc42)[C@@H](CO)N3Cc2ccc3c(c2)OCO3)cc1. The molecule has 0 spiro atoms. The molecule has 7 heteroatoms. The van der Waals surface area contributed by atoms with Crippen LogP contribution in [0.4, 0.5) is 5.69 Å². The van der Waals surface area contributed by atoms with Crippen molar-refractivity contribution in [3.05, 3.63) is 83.4 Å². The van der Waals surface area contributed by atoms with E-state index in [1.165, 1.54) is 0 Å². The minimum Gasteiger partial charge on any atom is -0.497 e. The molecule has 3 aromatic carbocycles. The Labute approximate surface area is 198 Å². The fourth-order valence-corrected chi connectivity index (χ4v) is 5.53. The number of para-hydroxylation sites is 1. The zero-order valence-corrected chi connectivity index (χ0v) is 18.9. The predicted molar refractivity (Wildman–Crippen MR) is 127 cm³/mol. The summed E-state index contributed by atoms with van der Waals surface area (Å²) in [7, 11) is 1.61. The maximum absolute atomic E-state index is 13.6. The Hall–Kier alpha value is -3.55. The minimum atomic E-state index is -0.0379. The number of anilines is 1. The van der Waals surface area contributed by atoms with Crippen LogP contribution in [0.1, 0.15) is 27.4 Å². The molecular weight excluding hydrogens is 432 g/mol. The fraction of sp³-hybridized carbons (Fsp3) is 0.296. The number of fused-ring (bicyclic) bond motifs is 4. The second-order valence-electron chi connectivity index (χ2n) is 8.91. The average Bonchev–Trinajstić information content (AvgIpc) is 3.35. The van der Waals surface area contributed by atoms with Crippen molar-refractivity contribution in [1.82, 2.24) is 4.90 Å². The second kappa shape index (κ2) is 8.34. The topological polar surface area (TPSA) is 71.5 Å². The highest BCUT2D eigenvalue weighted by Crippen LogP contribution is 2.49. The number of aliphatic hydroxyl groups excluding tert-OH is 1. The van der Waals surface area contributed by atoms with Crippen LogP contribution >= 0.6 is 0 Å². The van der Waals surface area contributed by atoms with E-state index in [2.05, 4.69) is 11.0 Å². The summed E-state index contributed by atoms with van der Waals surface area (Å²) < 4.78 is 16.2. The van der Waals surface area contributed by atoms with E-state index in [1.807, 2.05) is 53.4 Å². The normalized spacial score (nSPS) is 22.5. The van der Waals surface area contributed by atoms with Gasteiger partial charge in [-0.3, -0.25) is 9.69 Å². The smallest absolute Gasteiger partial charge is 0.258 e. The van der Waals surface area contributed by atoms with Gasteiger partial charge in [-0.2, -0.15) is 0 Å². The van der Waals surface area contributed by atoms with Crippen molar-refractivity contribution in [2.24, 2.45) is 0 Å². The Morgan fingerprint density at radius 1 is 1.06 bits per heavy atom. The van der Waals surface area contributed by atoms with Crippen LogP contribution in [0, 0.1) is 0 Å². The summed E-state index contributed by atoms with van der Waals surface area (Å²) in [5.41, 5.74) is 3.75. The lowest BCUT2D eigenvalue weighted by molar-refractivity contribution is -0.0488. The lowest BCUT2D eigenvalue weighted by Gasteiger charge is -2.59. The third-order valence-corrected chi connectivity index (χ3v) is 7.21.